The minimum atomic E-state index is -4.99. The molecule has 0 spiro atoms. The molecule has 0 radical (unpaired) electrons. The van der Waals surface area contributed by atoms with Gasteiger partial charge in [-0.05, 0) is 75.0 Å². The zero-order valence-electron chi connectivity index (χ0n) is 27.6. The van der Waals surface area contributed by atoms with Crippen LogP contribution in [0.5, 0.6) is 5.75 Å². The molecular formula is C36H37F5N6O4. The third-order valence-electron chi connectivity index (χ3n) is 10.5. The number of carbonyl (C=O) groups excluding carboxylic acids is 1. The number of aliphatic carboxylic acids is 1. The highest BCUT2D eigenvalue weighted by atomic mass is 19.4. The van der Waals surface area contributed by atoms with Crippen molar-refractivity contribution >= 4 is 22.8 Å². The second kappa shape index (κ2) is 13.8. The zero-order chi connectivity index (χ0) is 35.9. The number of nitrogens with zero attached hydrogens (tertiary/aromatic N) is 5. The van der Waals surface area contributed by atoms with E-state index in [0.29, 0.717) is 54.6 Å². The second-order valence-corrected chi connectivity index (χ2v) is 14.0. The number of carboxylic acid groups (broad SMARTS) is 1. The van der Waals surface area contributed by atoms with Gasteiger partial charge in [0.1, 0.15) is 11.6 Å². The van der Waals surface area contributed by atoms with Gasteiger partial charge in [-0.3, -0.25) is 9.59 Å². The summed E-state index contributed by atoms with van der Waals surface area (Å²) in [5.41, 5.74) is -1.26. The first kappa shape index (κ1) is 34.7. The fourth-order valence-corrected chi connectivity index (χ4v) is 8.15. The van der Waals surface area contributed by atoms with Crippen LogP contribution in [0, 0.1) is 17.8 Å². The molecule has 15 heteroatoms. The van der Waals surface area contributed by atoms with Crippen molar-refractivity contribution < 1.29 is 41.4 Å². The fourth-order valence-electron chi connectivity index (χ4n) is 8.15. The highest BCUT2D eigenvalue weighted by Crippen LogP contribution is 2.44. The fraction of sp³-hybridized carbons (Fsp3) is 0.500. The van der Waals surface area contributed by atoms with E-state index in [4.69, 9.17) is 4.74 Å². The summed E-state index contributed by atoms with van der Waals surface area (Å²) >= 11 is 0. The van der Waals surface area contributed by atoms with Crippen LogP contribution in [0.1, 0.15) is 85.7 Å². The molecule has 7 rings (SSSR count). The summed E-state index contributed by atoms with van der Waals surface area (Å²) in [4.78, 5) is 41.4. The second-order valence-electron chi connectivity index (χ2n) is 14.0. The summed E-state index contributed by atoms with van der Waals surface area (Å²) in [6, 6.07) is 6.04. The first-order valence-corrected chi connectivity index (χ1v) is 17.2. The van der Waals surface area contributed by atoms with Crippen LogP contribution in [0.2, 0.25) is 0 Å². The summed E-state index contributed by atoms with van der Waals surface area (Å²) in [7, 11) is 0. The van der Waals surface area contributed by atoms with Crippen LogP contribution in [0.15, 0.2) is 49.1 Å². The Hall–Kier alpha value is -4.69. The lowest BCUT2D eigenvalue weighted by Gasteiger charge is -2.41. The molecule has 2 atom stereocenters. The maximum absolute atomic E-state index is 14.5. The molecule has 1 aromatic carbocycles. The van der Waals surface area contributed by atoms with Crippen LogP contribution >= 0.6 is 0 Å². The number of alkyl halides is 5. The van der Waals surface area contributed by atoms with Gasteiger partial charge < -0.3 is 19.7 Å². The smallest absolute Gasteiger partial charge is 0.434 e. The number of rotatable bonds is 9. The quantitative estimate of drug-likeness (QED) is 0.173. The Morgan fingerprint density at radius 2 is 1.71 bits per heavy atom. The number of carbonyl (C=O) groups is 2. The van der Waals surface area contributed by atoms with Crippen molar-refractivity contribution in [2.75, 3.05) is 6.61 Å². The van der Waals surface area contributed by atoms with E-state index in [1.54, 1.807) is 47.4 Å². The monoisotopic (exact) mass is 712 g/mol. The average Bonchev–Trinajstić information content (AvgIpc) is 3.46. The number of amides is 1. The predicted octanol–water partition coefficient (Wildman–Crippen LogP) is 7.29. The summed E-state index contributed by atoms with van der Waals surface area (Å²) in [6.07, 6.45) is 3.67. The molecule has 2 unspecified atom stereocenters. The average molecular weight is 713 g/mol. The van der Waals surface area contributed by atoms with Crippen LogP contribution in [0.3, 0.4) is 0 Å². The van der Waals surface area contributed by atoms with E-state index < -0.39 is 47.2 Å². The summed E-state index contributed by atoms with van der Waals surface area (Å²) in [6.45, 7) is 0.255. The van der Waals surface area contributed by atoms with E-state index in [9.17, 15) is 36.6 Å². The van der Waals surface area contributed by atoms with Crippen molar-refractivity contribution in [1.82, 2.24) is 29.8 Å². The maximum atomic E-state index is 14.5. The summed E-state index contributed by atoms with van der Waals surface area (Å²) in [5, 5.41) is 12.7. The molecule has 3 heterocycles. The number of halogens is 5. The van der Waals surface area contributed by atoms with Gasteiger partial charge in [-0.1, -0.05) is 0 Å². The Morgan fingerprint density at radius 1 is 1.00 bits per heavy atom. The highest BCUT2D eigenvalue weighted by molar-refractivity contribution is 5.97. The molecule has 0 aliphatic heterocycles. The highest BCUT2D eigenvalue weighted by Gasteiger charge is 2.42. The van der Waals surface area contributed by atoms with E-state index in [1.165, 1.54) is 0 Å². The lowest BCUT2D eigenvalue weighted by Crippen LogP contribution is -2.44. The molecule has 1 amide bonds. The molecule has 51 heavy (non-hydrogen) atoms. The normalized spacial score (nSPS) is 23.5. The molecular weight excluding hydrogens is 675 g/mol. The standard InChI is InChI=1S/C36H37F5N6O4/c37-35(38)7-4-24(5-8-35)47-19-28(26-3-2-25(17-29(26)47)51-11-6-30-42-9-1-10-43-30)32-44-18-27(31(46-32)36(39,40)41)33(48)45-23-15-20-12-21(16-23)14-22(13-20)34(49)50/h1-3,9-10,17-24H,4-8,11-16H2,(H,45,48)(H,49,50). The van der Waals surface area contributed by atoms with Gasteiger partial charge in [0.2, 0.25) is 5.92 Å². The Labute approximate surface area is 289 Å². The van der Waals surface area contributed by atoms with Gasteiger partial charge in [-0.25, -0.2) is 28.7 Å². The Kier molecular flexibility index (Phi) is 9.40. The zero-order valence-corrected chi connectivity index (χ0v) is 27.6. The lowest BCUT2D eigenvalue weighted by molar-refractivity contribution is -0.144. The Bertz CT molecular complexity index is 1900. The van der Waals surface area contributed by atoms with Gasteiger partial charge in [0, 0.05) is 73.1 Å². The van der Waals surface area contributed by atoms with E-state index in [2.05, 4.69) is 25.3 Å². The first-order chi connectivity index (χ1) is 24.3. The molecule has 3 aliphatic carbocycles. The van der Waals surface area contributed by atoms with Gasteiger partial charge in [0.25, 0.3) is 5.91 Å². The minimum absolute atomic E-state index is 0.0705. The van der Waals surface area contributed by atoms with Gasteiger partial charge in [-0.2, -0.15) is 13.2 Å². The van der Waals surface area contributed by atoms with Crippen LogP contribution in [-0.4, -0.2) is 60.1 Å². The number of nitrogens with one attached hydrogen (secondary N) is 1. The lowest BCUT2D eigenvalue weighted by atomic mass is 9.66. The third kappa shape index (κ3) is 7.66. The van der Waals surface area contributed by atoms with Crippen molar-refractivity contribution in [2.24, 2.45) is 17.8 Å². The summed E-state index contributed by atoms with van der Waals surface area (Å²) < 4.78 is 79.6. The number of fused-ring (bicyclic) bond motifs is 3. The van der Waals surface area contributed by atoms with Gasteiger partial charge in [-0.15, -0.1) is 0 Å². The van der Waals surface area contributed by atoms with Crippen molar-refractivity contribution in [2.45, 2.75) is 88.4 Å². The molecule has 10 nitrogen and oxygen atoms in total. The van der Waals surface area contributed by atoms with Gasteiger partial charge >= 0.3 is 12.1 Å². The SMILES string of the molecule is O=C(NC1CC2CC(C1)CC(C(=O)O)C2)c1cnc(-c2cn(C3CCC(F)(F)CC3)c3cc(OCCc4ncccn4)ccc23)nc1C(F)(F)F. The van der Waals surface area contributed by atoms with E-state index in [-0.39, 0.29) is 61.6 Å². The van der Waals surface area contributed by atoms with Crippen molar-refractivity contribution in [1.29, 1.82) is 0 Å². The van der Waals surface area contributed by atoms with Crippen LogP contribution in [0.4, 0.5) is 22.0 Å². The summed E-state index contributed by atoms with van der Waals surface area (Å²) in [5.74, 6) is -4.06. The third-order valence-corrected chi connectivity index (χ3v) is 10.5. The molecule has 270 valence electrons. The van der Waals surface area contributed by atoms with Gasteiger partial charge in [0.15, 0.2) is 11.5 Å². The molecule has 3 aliphatic rings. The molecule has 2 N–H and O–H groups in total. The number of benzene rings is 1. The minimum Gasteiger partial charge on any atom is -0.493 e. The topological polar surface area (TPSA) is 132 Å². The molecule has 4 aromatic rings. The number of carboxylic acids is 1. The first-order valence-electron chi connectivity index (χ1n) is 17.2. The number of aromatic nitrogens is 5. The molecule has 3 saturated carbocycles. The molecule has 3 aromatic heterocycles. The van der Waals surface area contributed by atoms with E-state index in [1.807, 2.05) is 0 Å². The Morgan fingerprint density at radius 3 is 2.37 bits per heavy atom. The van der Waals surface area contributed by atoms with E-state index in [0.717, 1.165) is 12.6 Å². The van der Waals surface area contributed by atoms with Crippen LogP contribution < -0.4 is 10.1 Å². The van der Waals surface area contributed by atoms with Crippen molar-refractivity contribution in [3.63, 3.8) is 0 Å². The molecule has 2 bridgehead atoms. The van der Waals surface area contributed by atoms with Crippen molar-refractivity contribution in [3.05, 3.63) is 66.1 Å². The predicted molar refractivity (Wildman–Crippen MR) is 174 cm³/mol. The number of hydrogen-bond acceptors (Lipinski definition) is 7. The van der Waals surface area contributed by atoms with Gasteiger partial charge in [0.05, 0.1) is 23.6 Å². The van der Waals surface area contributed by atoms with Crippen LogP contribution in [-0.2, 0) is 17.4 Å². The van der Waals surface area contributed by atoms with Crippen LogP contribution in [0.25, 0.3) is 22.3 Å². The molecule has 0 saturated heterocycles. The molecule has 3 fully saturated rings. The number of ether oxygens (including phenoxy) is 1. The number of hydrogen-bond donors (Lipinski definition) is 2. The van der Waals surface area contributed by atoms with Crippen molar-refractivity contribution in [3.8, 4) is 17.1 Å². The van der Waals surface area contributed by atoms with E-state index >= 15 is 0 Å². The maximum Gasteiger partial charge on any atom is 0.434 e. The Balaban J connectivity index is 1.17. The largest absolute Gasteiger partial charge is 0.493 e.